The molecule has 3 aromatic rings. The third-order valence-corrected chi connectivity index (χ3v) is 5.26. The maximum atomic E-state index is 12.7. The van der Waals surface area contributed by atoms with Gasteiger partial charge in [-0.3, -0.25) is 9.48 Å². The summed E-state index contributed by atoms with van der Waals surface area (Å²) in [5.41, 5.74) is 3.37. The van der Waals surface area contributed by atoms with Crippen LogP contribution in [0.25, 0.3) is 0 Å². The molecule has 0 spiro atoms. The lowest BCUT2D eigenvalue weighted by molar-refractivity contribution is 0.102. The maximum Gasteiger partial charge on any atom is 0.276 e. The van der Waals surface area contributed by atoms with Gasteiger partial charge >= 0.3 is 0 Å². The van der Waals surface area contributed by atoms with Gasteiger partial charge in [-0.25, -0.2) is 0 Å². The molecular formula is C23H26N4O2. The van der Waals surface area contributed by atoms with Gasteiger partial charge in [0.1, 0.15) is 5.75 Å². The van der Waals surface area contributed by atoms with Crippen molar-refractivity contribution >= 4 is 11.6 Å². The second-order valence-corrected chi connectivity index (χ2v) is 7.32. The third-order valence-electron chi connectivity index (χ3n) is 5.26. The van der Waals surface area contributed by atoms with Crippen LogP contribution in [0.2, 0.25) is 0 Å². The summed E-state index contributed by atoms with van der Waals surface area (Å²) >= 11 is 0. The summed E-state index contributed by atoms with van der Waals surface area (Å²) in [4.78, 5) is 12.7. The second kappa shape index (κ2) is 8.92. The monoisotopic (exact) mass is 390 g/mol. The Morgan fingerprint density at radius 3 is 2.86 bits per heavy atom. The van der Waals surface area contributed by atoms with E-state index in [0.29, 0.717) is 11.7 Å². The Morgan fingerprint density at radius 1 is 1.24 bits per heavy atom. The van der Waals surface area contributed by atoms with Gasteiger partial charge in [0.2, 0.25) is 0 Å². The lowest BCUT2D eigenvalue weighted by atomic mass is 10.0. The van der Waals surface area contributed by atoms with Gasteiger partial charge in [0, 0.05) is 30.4 Å². The number of hydrogen-bond acceptors (Lipinski definition) is 4. The van der Waals surface area contributed by atoms with Crippen molar-refractivity contribution in [3.8, 4) is 5.75 Å². The first kappa shape index (κ1) is 19.2. The van der Waals surface area contributed by atoms with E-state index in [4.69, 9.17) is 4.74 Å². The Bertz CT molecular complexity index is 962. The number of rotatable bonds is 6. The van der Waals surface area contributed by atoms with E-state index in [9.17, 15) is 4.79 Å². The fourth-order valence-electron chi connectivity index (χ4n) is 3.73. The smallest absolute Gasteiger partial charge is 0.276 e. The number of ether oxygens (including phenoxy) is 1. The summed E-state index contributed by atoms with van der Waals surface area (Å²) in [5.74, 6) is 0.601. The van der Waals surface area contributed by atoms with Crippen LogP contribution >= 0.6 is 0 Å². The summed E-state index contributed by atoms with van der Waals surface area (Å²) in [5, 5.41) is 10.8. The average Bonchev–Trinajstić information content (AvgIpc) is 3.26. The van der Waals surface area contributed by atoms with Crippen LogP contribution in [0.1, 0.15) is 40.5 Å². The predicted octanol–water partition coefficient (Wildman–Crippen LogP) is 3.66. The van der Waals surface area contributed by atoms with Crippen LogP contribution in [-0.2, 0) is 6.42 Å². The molecule has 1 aliphatic heterocycles. The number of hydrogen-bond donors (Lipinski definition) is 2. The normalized spacial score (nSPS) is 16.4. The molecule has 1 atom stereocenters. The van der Waals surface area contributed by atoms with E-state index in [1.807, 2.05) is 47.3 Å². The molecule has 1 aliphatic rings. The number of carbonyl (C=O) groups excluding carboxylic acids is 1. The average molecular weight is 390 g/mol. The molecule has 0 bridgehead atoms. The first-order valence-corrected chi connectivity index (χ1v) is 10.0. The number of benzene rings is 2. The molecule has 0 aliphatic carbocycles. The van der Waals surface area contributed by atoms with E-state index in [2.05, 4.69) is 27.9 Å². The number of amides is 1. The number of piperidine rings is 1. The summed E-state index contributed by atoms with van der Waals surface area (Å²) in [6.45, 7) is 1.94. The van der Waals surface area contributed by atoms with Crippen molar-refractivity contribution in [3.63, 3.8) is 0 Å². The molecule has 0 saturated carbocycles. The summed E-state index contributed by atoms with van der Waals surface area (Å²) in [6.07, 6.45) is 4.83. The zero-order valence-corrected chi connectivity index (χ0v) is 16.6. The van der Waals surface area contributed by atoms with Gasteiger partial charge in [-0.15, -0.1) is 0 Å². The Kier molecular flexibility index (Phi) is 5.91. The zero-order chi connectivity index (χ0) is 20.1. The number of nitrogens with zero attached hydrogens (tertiary/aromatic N) is 2. The highest BCUT2D eigenvalue weighted by atomic mass is 16.5. The minimum absolute atomic E-state index is 0.205. The topological polar surface area (TPSA) is 68.2 Å². The van der Waals surface area contributed by atoms with Crippen molar-refractivity contribution in [1.29, 1.82) is 0 Å². The van der Waals surface area contributed by atoms with Crippen LogP contribution in [0.4, 0.5) is 5.69 Å². The van der Waals surface area contributed by atoms with E-state index in [0.717, 1.165) is 49.4 Å². The van der Waals surface area contributed by atoms with Crippen molar-refractivity contribution in [2.24, 2.45) is 0 Å². The quantitative estimate of drug-likeness (QED) is 0.674. The Hall–Kier alpha value is -3.12. The van der Waals surface area contributed by atoms with Crippen molar-refractivity contribution < 1.29 is 9.53 Å². The molecule has 6 heteroatoms. The zero-order valence-electron chi connectivity index (χ0n) is 16.6. The molecule has 6 nitrogen and oxygen atoms in total. The van der Waals surface area contributed by atoms with E-state index >= 15 is 0 Å². The molecule has 1 unspecified atom stereocenters. The van der Waals surface area contributed by atoms with E-state index < -0.39 is 0 Å². The van der Waals surface area contributed by atoms with Crippen LogP contribution < -0.4 is 15.4 Å². The molecule has 150 valence electrons. The molecule has 1 fully saturated rings. The van der Waals surface area contributed by atoms with Gasteiger partial charge in [0.25, 0.3) is 5.91 Å². The van der Waals surface area contributed by atoms with Gasteiger partial charge in [-0.05, 0) is 49.2 Å². The summed E-state index contributed by atoms with van der Waals surface area (Å²) < 4.78 is 7.40. The number of nitrogens with one attached hydrogen (secondary N) is 2. The van der Waals surface area contributed by atoms with E-state index in [-0.39, 0.29) is 5.91 Å². The molecule has 2 heterocycles. The summed E-state index contributed by atoms with van der Waals surface area (Å²) in [7, 11) is 1.66. The van der Waals surface area contributed by atoms with Crippen molar-refractivity contribution in [2.45, 2.75) is 25.3 Å². The molecular weight excluding hydrogens is 364 g/mol. The maximum absolute atomic E-state index is 12.7. The van der Waals surface area contributed by atoms with Gasteiger partial charge in [0.15, 0.2) is 5.69 Å². The lowest BCUT2D eigenvalue weighted by Gasteiger charge is -2.22. The standard InChI is InChI=1S/C23H26N4O2/c1-29-22-10-9-19(15-18(22)14-17-6-3-2-4-7-17)25-23(28)21-11-13-27(26-21)20-8-5-12-24-16-20/h2-4,6-7,9-11,13,15,20,24H,5,8,12,14,16H2,1H3,(H,25,28). The Balaban J connectivity index is 1.48. The highest BCUT2D eigenvalue weighted by Crippen LogP contribution is 2.25. The fraction of sp³-hybridized carbons (Fsp3) is 0.304. The van der Waals surface area contributed by atoms with Crippen LogP contribution in [0.5, 0.6) is 5.75 Å². The third kappa shape index (κ3) is 4.66. The van der Waals surface area contributed by atoms with Gasteiger partial charge in [-0.1, -0.05) is 30.3 Å². The first-order chi connectivity index (χ1) is 14.2. The minimum Gasteiger partial charge on any atom is -0.496 e. The highest BCUT2D eigenvalue weighted by molar-refractivity contribution is 6.02. The predicted molar refractivity (Wildman–Crippen MR) is 114 cm³/mol. The van der Waals surface area contributed by atoms with Gasteiger partial charge in [-0.2, -0.15) is 5.10 Å². The highest BCUT2D eigenvalue weighted by Gasteiger charge is 2.18. The largest absolute Gasteiger partial charge is 0.496 e. The van der Waals surface area contributed by atoms with Gasteiger partial charge < -0.3 is 15.4 Å². The summed E-state index contributed by atoms with van der Waals surface area (Å²) in [6, 6.07) is 18.0. The molecule has 1 aromatic heterocycles. The lowest BCUT2D eigenvalue weighted by Crippen LogP contribution is -2.32. The van der Waals surface area contributed by atoms with Crippen LogP contribution in [0.15, 0.2) is 60.8 Å². The van der Waals surface area contributed by atoms with Crippen molar-refractivity contribution in [2.75, 3.05) is 25.5 Å². The van der Waals surface area contributed by atoms with Crippen LogP contribution in [0, 0.1) is 0 Å². The Labute approximate surface area is 170 Å². The van der Waals surface area contributed by atoms with Gasteiger partial charge in [0.05, 0.1) is 13.2 Å². The molecule has 29 heavy (non-hydrogen) atoms. The van der Waals surface area contributed by atoms with E-state index in [1.54, 1.807) is 13.2 Å². The van der Waals surface area contributed by atoms with Crippen LogP contribution in [0.3, 0.4) is 0 Å². The molecule has 1 amide bonds. The van der Waals surface area contributed by atoms with E-state index in [1.165, 1.54) is 5.56 Å². The Morgan fingerprint density at radius 2 is 2.10 bits per heavy atom. The number of carbonyl (C=O) groups is 1. The number of anilines is 1. The second-order valence-electron chi connectivity index (χ2n) is 7.32. The number of aromatic nitrogens is 2. The minimum atomic E-state index is -0.205. The molecule has 2 N–H and O–H groups in total. The molecule has 0 radical (unpaired) electrons. The van der Waals surface area contributed by atoms with Crippen molar-refractivity contribution in [1.82, 2.24) is 15.1 Å². The number of methoxy groups -OCH3 is 1. The fourth-order valence-corrected chi connectivity index (χ4v) is 3.73. The van der Waals surface area contributed by atoms with Crippen molar-refractivity contribution in [3.05, 3.63) is 77.6 Å². The SMILES string of the molecule is COc1ccc(NC(=O)c2ccn(C3CCCNC3)n2)cc1Cc1ccccc1. The first-order valence-electron chi connectivity index (χ1n) is 10.0. The molecule has 4 rings (SSSR count). The van der Waals surface area contributed by atoms with Crippen LogP contribution in [-0.4, -0.2) is 35.9 Å². The molecule has 1 saturated heterocycles. The molecule has 2 aromatic carbocycles.